The topological polar surface area (TPSA) is 72.2 Å². The maximum absolute atomic E-state index is 12.9. The lowest BCUT2D eigenvalue weighted by molar-refractivity contribution is 0.0978. The highest BCUT2D eigenvalue weighted by molar-refractivity contribution is 7.10. The number of hydrogen-bond acceptors (Lipinski definition) is 6. The zero-order valence-corrected chi connectivity index (χ0v) is 16.0. The number of aromatic nitrogens is 1. The first kappa shape index (κ1) is 18.6. The summed E-state index contributed by atoms with van der Waals surface area (Å²) in [6.45, 7) is 1.90. The van der Waals surface area contributed by atoms with Crippen LogP contribution in [-0.2, 0) is 0 Å². The summed E-state index contributed by atoms with van der Waals surface area (Å²) in [6.07, 6.45) is 0. The quantitative estimate of drug-likeness (QED) is 0.585. The van der Waals surface area contributed by atoms with Crippen LogP contribution in [0.3, 0.4) is 0 Å². The van der Waals surface area contributed by atoms with E-state index in [-0.39, 0.29) is 5.78 Å². The van der Waals surface area contributed by atoms with Gasteiger partial charge >= 0.3 is 0 Å². The van der Waals surface area contributed by atoms with E-state index in [1.807, 2.05) is 42.6 Å². The van der Waals surface area contributed by atoms with Gasteiger partial charge in [0.2, 0.25) is 0 Å². The second kappa shape index (κ2) is 8.02. The molecule has 0 aliphatic rings. The summed E-state index contributed by atoms with van der Waals surface area (Å²) in [7, 11) is 3.17. The fraction of sp³-hybridized carbons (Fsp3) is 0.190. The number of thiazole rings is 1. The van der Waals surface area contributed by atoms with Crippen molar-refractivity contribution in [3.05, 3.63) is 64.0 Å². The van der Waals surface area contributed by atoms with E-state index in [0.29, 0.717) is 16.3 Å². The molecular weight excluding hydrogens is 360 g/mol. The van der Waals surface area contributed by atoms with Crippen LogP contribution in [0.25, 0.3) is 11.3 Å². The molecule has 0 fully saturated rings. The number of carbonyl (C=O) groups excluding carboxylic acids is 1. The Morgan fingerprint density at radius 1 is 1.15 bits per heavy atom. The molecule has 1 atom stereocenters. The summed E-state index contributed by atoms with van der Waals surface area (Å²) in [5, 5.41) is 11.9. The van der Waals surface area contributed by atoms with Crippen LogP contribution in [0.2, 0.25) is 0 Å². The molecule has 0 saturated carbocycles. The number of nitrogens with zero attached hydrogens (tertiary/aromatic N) is 2. The first-order chi connectivity index (χ1) is 13.1. The Hall–Kier alpha value is -3.17. The number of aryl methyl sites for hydroxylation is 1. The summed E-state index contributed by atoms with van der Waals surface area (Å²) in [5.74, 6) is 0.143. The Bertz CT molecular complexity index is 1000. The number of hydrogen-bond donors (Lipinski definition) is 0. The van der Waals surface area contributed by atoms with Crippen molar-refractivity contribution in [1.82, 2.24) is 4.98 Å². The van der Waals surface area contributed by atoms with Gasteiger partial charge in [-0.05, 0) is 42.8 Å². The average Bonchev–Trinajstić information content (AvgIpc) is 3.18. The van der Waals surface area contributed by atoms with Crippen LogP contribution in [0.15, 0.2) is 47.8 Å². The number of nitriles is 1. The SMILES string of the molecule is COc1ccc(-c2csc(C(C#N)C(=O)c3ccc(C)c(OC)c3)n2)cc1. The number of rotatable bonds is 6. The van der Waals surface area contributed by atoms with E-state index in [1.165, 1.54) is 11.3 Å². The minimum absolute atomic E-state index is 0.286. The molecule has 6 heteroatoms. The molecule has 0 bridgehead atoms. The van der Waals surface area contributed by atoms with Gasteiger partial charge in [0.05, 0.1) is 26.0 Å². The molecule has 0 aliphatic heterocycles. The standard InChI is InChI=1S/C21H18N2O3S/c1-13-4-5-15(10-19(13)26-3)20(24)17(11-22)21-23-18(12-27-21)14-6-8-16(25-2)9-7-14/h4-10,12,17H,1-3H3. The second-order valence-electron chi connectivity index (χ2n) is 5.91. The maximum Gasteiger partial charge on any atom is 0.187 e. The van der Waals surface area contributed by atoms with E-state index in [9.17, 15) is 10.1 Å². The van der Waals surface area contributed by atoms with Gasteiger partial charge in [0.25, 0.3) is 0 Å². The molecule has 1 heterocycles. The second-order valence-corrected chi connectivity index (χ2v) is 6.80. The van der Waals surface area contributed by atoms with Gasteiger partial charge in [0.15, 0.2) is 11.7 Å². The van der Waals surface area contributed by atoms with Crippen molar-refractivity contribution in [3.8, 4) is 28.8 Å². The minimum atomic E-state index is -0.950. The number of ether oxygens (including phenoxy) is 2. The number of carbonyl (C=O) groups is 1. The van der Waals surface area contributed by atoms with Crippen molar-refractivity contribution in [2.24, 2.45) is 0 Å². The number of Topliss-reactive ketones (excluding diaryl/α,β-unsaturated/α-hetero) is 1. The third kappa shape index (κ3) is 3.83. The van der Waals surface area contributed by atoms with Crippen molar-refractivity contribution in [3.63, 3.8) is 0 Å². The molecule has 0 aliphatic carbocycles. The molecule has 2 aromatic carbocycles. The fourth-order valence-electron chi connectivity index (χ4n) is 2.68. The first-order valence-corrected chi connectivity index (χ1v) is 9.13. The molecule has 0 spiro atoms. The minimum Gasteiger partial charge on any atom is -0.497 e. The highest BCUT2D eigenvalue weighted by Gasteiger charge is 2.25. The van der Waals surface area contributed by atoms with Gasteiger partial charge in [-0.1, -0.05) is 12.1 Å². The average molecular weight is 378 g/mol. The molecule has 0 amide bonds. The Morgan fingerprint density at radius 3 is 2.52 bits per heavy atom. The first-order valence-electron chi connectivity index (χ1n) is 8.25. The lowest BCUT2D eigenvalue weighted by atomic mass is 9.98. The van der Waals surface area contributed by atoms with Crippen LogP contribution in [0.5, 0.6) is 11.5 Å². The maximum atomic E-state index is 12.9. The Kier molecular flexibility index (Phi) is 5.53. The zero-order valence-electron chi connectivity index (χ0n) is 15.2. The largest absolute Gasteiger partial charge is 0.497 e. The van der Waals surface area contributed by atoms with E-state index in [1.54, 1.807) is 26.4 Å². The summed E-state index contributed by atoms with van der Waals surface area (Å²) in [6, 6.07) is 14.8. The fourth-order valence-corrected chi connectivity index (χ4v) is 3.55. The molecule has 3 aromatic rings. The van der Waals surface area contributed by atoms with Crippen molar-refractivity contribution < 1.29 is 14.3 Å². The molecular formula is C21H18N2O3S. The summed E-state index contributed by atoms with van der Waals surface area (Å²) < 4.78 is 10.4. The van der Waals surface area contributed by atoms with Gasteiger partial charge in [-0.3, -0.25) is 4.79 Å². The monoisotopic (exact) mass is 378 g/mol. The van der Waals surface area contributed by atoms with Gasteiger partial charge in [0.1, 0.15) is 16.5 Å². The normalized spacial score (nSPS) is 11.5. The third-order valence-electron chi connectivity index (χ3n) is 4.24. The number of ketones is 1. The summed E-state index contributed by atoms with van der Waals surface area (Å²) in [5.41, 5.74) is 3.00. The molecule has 136 valence electrons. The van der Waals surface area contributed by atoms with E-state index in [2.05, 4.69) is 11.1 Å². The molecule has 3 rings (SSSR count). The lowest BCUT2D eigenvalue weighted by Crippen LogP contribution is -2.11. The summed E-state index contributed by atoms with van der Waals surface area (Å²) >= 11 is 1.31. The predicted octanol–water partition coefficient (Wildman–Crippen LogP) is 4.63. The zero-order chi connectivity index (χ0) is 19.4. The van der Waals surface area contributed by atoms with E-state index in [4.69, 9.17) is 9.47 Å². The Balaban J connectivity index is 1.89. The molecule has 0 radical (unpaired) electrons. The van der Waals surface area contributed by atoms with Crippen LogP contribution in [0, 0.1) is 18.3 Å². The van der Waals surface area contributed by atoms with Crippen LogP contribution < -0.4 is 9.47 Å². The van der Waals surface area contributed by atoms with E-state index < -0.39 is 5.92 Å². The Labute approximate surface area is 161 Å². The highest BCUT2D eigenvalue weighted by Crippen LogP contribution is 2.30. The molecule has 0 saturated heterocycles. The van der Waals surface area contributed by atoms with Crippen molar-refractivity contribution in [2.45, 2.75) is 12.8 Å². The van der Waals surface area contributed by atoms with Crippen LogP contribution in [-0.4, -0.2) is 25.0 Å². The molecule has 5 nitrogen and oxygen atoms in total. The van der Waals surface area contributed by atoms with Gasteiger partial charge in [-0.15, -0.1) is 11.3 Å². The van der Waals surface area contributed by atoms with Crippen molar-refractivity contribution in [1.29, 1.82) is 5.26 Å². The number of methoxy groups -OCH3 is 2. The molecule has 1 aromatic heterocycles. The molecule has 27 heavy (non-hydrogen) atoms. The van der Waals surface area contributed by atoms with E-state index >= 15 is 0 Å². The van der Waals surface area contributed by atoms with Gasteiger partial charge in [-0.2, -0.15) is 5.26 Å². The summed E-state index contributed by atoms with van der Waals surface area (Å²) in [4.78, 5) is 17.4. The van der Waals surface area contributed by atoms with Gasteiger partial charge in [-0.25, -0.2) is 4.98 Å². The van der Waals surface area contributed by atoms with Gasteiger partial charge < -0.3 is 9.47 Å². The van der Waals surface area contributed by atoms with Gasteiger partial charge in [0, 0.05) is 16.5 Å². The lowest BCUT2D eigenvalue weighted by Gasteiger charge is -2.09. The van der Waals surface area contributed by atoms with Crippen LogP contribution in [0.1, 0.15) is 26.8 Å². The Morgan fingerprint density at radius 2 is 1.89 bits per heavy atom. The highest BCUT2D eigenvalue weighted by atomic mass is 32.1. The molecule has 1 unspecified atom stereocenters. The smallest absolute Gasteiger partial charge is 0.187 e. The van der Waals surface area contributed by atoms with Crippen molar-refractivity contribution >= 4 is 17.1 Å². The van der Waals surface area contributed by atoms with E-state index in [0.717, 1.165) is 22.6 Å². The third-order valence-corrected chi connectivity index (χ3v) is 5.15. The molecule has 0 N–H and O–H groups in total. The number of benzene rings is 2. The van der Waals surface area contributed by atoms with Crippen molar-refractivity contribution in [2.75, 3.05) is 14.2 Å². The van der Waals surface area contributed by atoms with Crippen LogP contribution in [0.4, 0.5) is 0 Å². The predicted molar refractivity (Wildman–Crippen MR) is 105 cm³/mol. The van der Waals surface area contributed by atoms with Crippen LogP contribution >= 0.6 is 11.3 Å².